The Balaban J connectivity index is 1.81. The molecule has 26 heavy (non-hydrogen) atoms. The molecule has 1 amide bonds. The quantitative estimate of drug-likeness (QED) is 0.555. The first-order valence-corrected chi connectivity index (χ1v) is 8.54. The first-order valence-electron chi connectivity index (χ1n) is 8.16. The molecule has 132 valence electrons. The Morgan fingerprint density at radius 3 is 2.73 bits per heavy atom. The molecule has 0 atom stereocenters. The average Bonchev–Trinajstić information content (AvgIpc) is 2.92. The molecule has 0 saturated heterocycles. The van der Waals surface area contributed by atoms with Gasteiger partial charge in [-0.05, 0) is 56.7 Å². The topological polar surface area (TPSA) is 59.3 Å². The van der Waals surface area contributed by atoms with Gasteiger partial charge in [0.25, 0.3) is 5.91 Å². The Labute approximate surface area is 157 Å². The van der Waals surface area contributed by atoms with Crippen molar-refractivity contribution in [1.29, 1.82) is 0 Å². The van der Waals surface area contributed by atoms with E-state index in [0.29, 0.717) is 5.56 Å². The number of pyridine rings is 1. The van der Waals surface area contributed by atoms with Gasteiger partial charge in [0.05, 0.1) is 11.8 Å². The minimum Gasteiger partial charge on any atom is -0.318 e. The highest BCUT2D eigenvalue weighted by molar-refractivity contribution is 6.31. The third-order valence-electron chi connectivity index (χ3n) is 4.18. The second-order valence-electron chi connectivity index (χ2n) is 6.04. The lowest BCUT2D eigenvalue weighted by molar-refractivity contribution is 0.0955. The van der Waals surface area contributed by atoms with Crippen LogP contribution in [0.25, 0.3) is 5.69 Å². The van der Waals surface area contributed by atoms with Crippen LogP contribution in [-0.4, -0.2) is 21.7 Å². The van der Waals surface area contributed by atoms with E-state index in [-0.39, 0.29) is 5.91 Å². The summed E-state index contributed by atoms with van der Waals surface area (Å²) in [5, 5.41) is 4.80. The SMILES string of the molecule is Cc1ccc(-n2c(C)cc(/C=N\NC(=O)c3cccnc3)c2C)cc1Cl. The summed E-state index contributed by atoms with van der Waals surface area (Å²) >= 11 is 6.26. The number of carbonyl (C=O) groups is 1. The van der Waals surface area contributed by atoms with Crippen molar-refractivity contribution < 1.29 is 4.79 Å². The van der Waals surface area contributed by atoms with Crippen LogP contribution in [0, 0.1) is 20.8 Å². The minimum absolute atomic E-state index is 0.298. The molecule has 3 aromatic rings. The van der Waals surface area contributed by atoms with Crippen LogP contribution in [-0.2, 0) is 0 Å². The molecular weight excluding hydrogens is 348 g/mol. The molecular formula is C20H19ClN4O. The van der Waals surface area contributed by atoms with Crippen LogP contribution in [0.3, 0.4) is 0 Å². The maximum Gasteiger partial charge on any atom is 0.272 e. The molecule has 0 spiro atoms. The predicted molar refractivity (Wildman–Crippen MR) is 104 cm³/mol. The van der Waals surface area contributed by atoms with Crippen LogP contribution in [0.4, 0.5) is 0 Å². The molecule has 3 rings (SSSR count). The summed E-state index contributed by atoms with van der Waals surface area (Å²) in [7, 11) is 0. The summed E-state index contributed by atoms with van der Waals surface area (Å²) in [5.41, 5.74) is 8.01. The second kappa shape index (κ2) is 7.54. The number of carbonyl (C=O) groups excluding carboxylic acids is 1. The maximum atomic E-state index is 12.0. The highest BCUT2D eigenvalue weighted by atomic mass is 35.5. The van der Waals surface area contributed by atoms with Gasteiger partial charge in [0.2, 0.25) is 0 Å². The van der Waals surface area contributed by atoms with Crippen LogP contribution >= 0.6 is 11.6 Å². The molecule has 0 aliphatic rings. The van der Waals surface area contributed by atoms with Crippen molar-refractivity contribution >= 4 is 23.7 Å². The molecule has 2 heterocycles. The number of halogens is 1. The Morgan fingerprint density at radius 1 is 1.23 bits per heavy atom. The van der Waals surface area contributed by atoms with Gasteiger partial charge in [-0.2, -0.15) is 5.10 Å². The molecule has 2 aromatic heterocycles. The van der Waals surface area contributed by atoms with Crippen LogP contribution in [0.15, 0.2) is 53.9 Å². The molecule has 0 bridgehead atoms. The molecule has 1 aromatic carbocycles. The molecule has 6 heteroatoms. The number of amides is 1. The zero-order valence-electron chi connectivity index (χ0n) is 14.8. The van der Waals surface area contributed by atoms with Crippen molar-refractivity contribution in [2.45, 2.75) is 20.8 Å². The zero-order valence-corrected chi connectivity index (χ0v) is 15.6. The molecule has 0 fully saturated rings. The van der Waals surface area contributed by atoms with E-state index < -0.39 is 0 Å². The third kappa shape index (κ3) is 3.68. The molecule has 0 aliphatic heterocycles. The Bertz CT molecular complexity index is 977. The van der Waals surface area contributed by atoms with E-state index in [0.717, 1.165) is 33.2 Å². The molecule has 0 unspecified atom stereocenters. The van der Waals surface area contributed by atoms with E-state index >= 15 is 0 Å². The number of nitrogens with one attached hydrogen (secondary N) is 1. The first kappa shape index (κ1) is 17.9. The maximum absolute atomic E-state index is 12.0. The van der Waals surface area contributed by atoms with E-state index in [1.165, 1.54) is 6.20 Å². The van der Waals surface area contributed by atoms with E-state index in [4.69, 9.17) is 11.6 Å². The molecule has 1 N–H and O–H groups in total. The van der Waals surface area contributed by atoms with E-state index in [1.54, 1.807) is 24.5 Å². The number of rotatable bonds is 4. The monoisotopic (exact) mass is 366 g/mol. The van der Waals surface area contributed by atoms with Gasteiger partial charge in [-0.1, -0.05) is 17.7 Å². The van der Waals surface area contributed by atoms with Crippen LogP contribution in [0.1, 0.15) is 32.9 Å². The number of aromatic nitrogens is 2. The fourth-order valence-electron chi connectivity index (χ4n) is 2.76. The summed E-state index contributed by atoms with van der Waals surface area (Å²) < 4.78 is 2.11. The number of nitrogens with zero attached hydrogens (tertiary/aromatic N) is 3. The summed E-state index contributed by atoms with van der Waals surface area (Å²) in [5.74, 6) is -0.298. The largest absolute Gasteiger partial charge is 0.318 e. The first-order chi connectivity index (χ1) is 12.5. The standard InChI is InChI=1S/C20H19ClN4O/c1-13-6-7-18(10-19(13)21)25-14(2)9-17(15(25)3)12-23-24-20(26)16-5-4-8-22-11-16/h4-12H,1-3H3,(H,24,26)/b23-12-. The average molecular weight is 367 g/mol. The van der Waals surface area contributed by atoms with E-state index in [2.05, 4.69) is 20.1 Å². The van der Waals surface area contributed by atoms with Gasteiger partial charge in [0.1, 0.15) is 0 Å². The molecule has 5 nitrogen and oxygen atoms in total. The summed E-state index contributed by atoms with van der Waals surface area (Å²) in [4.78, 5) is 15.9. The minimum atomic E-state index is -0.298. The Morgan fingerprint density at radius 2 is 2.04 bits per heavy atom. The van der Waals surface area contributed by atoms with Crippen molar-refractivity contribution in [3.05, 3.63) is 81.9 Å². The van der Waals surface area contributed by atoms with Crippen molar-refractivity contribution in [2.24, 2.45) is 5.10 Å². The summed E-state index contributed by atoms with van der Waals surface area (Å²) in [6.07, 6.45) is 4.76. The van der Waals surface area contributed by atoms with Crippen molar-refractivity contribution in [3.8, 4) is 5.69 Å². The lowest BCUT2D eigenvalue weighted by Crippen LogP contribution is -2.17. The number of hydrogen-bond acceptors (Lipinski definition) is 3. The number of hydrogen-bond donors (Lipinski definition) is 1. The van der Waals surface area contributed by atoms with Crippen LogP contribution < -0.4 is 5.43 Å². The Hall–Kier alpha value is -2.92. The molecule has 0 radical (unpaired) electrons. The van der Waals surface area contributed by atoms with Gasteiger partial charge < -0.3 is 4.57 Å². The fraction of sp³-hybridized carbons (Fsp3) is 0.150. The van der Waals surface area contributed by atoms with Gasteiger partial charge in [-0.25, -0.2) is 5.43 Å². The van der Waals surface area contributed by atoms with Gasteiger partial charge in [-0.15, -0.1) is 0 Å². The van der Waals surface area contributed by atoms with Crippen LogP contribution in [0.2, 0.25) is 5.02 Å². The van der Waals surface area contributed by atoms with Gasteiger partial charge in [0.15, 0.2) is 0 Å². The Kier molecular flexibility index (Phi) is 5.19. The normalized spacial score (nSPS) is 11.1. The van der Waals surface area contributed by atoms with Gasteiger partial charge in [0, 0.05) is 40.1 Å². The second-order valence-corrected chi connectivity index (χ2v) is 6.44. The van der Waals surface area contributed by atoms with E-state index in [1.807, 2.05) is 45.0 Å². The van der Waals surface area contributed by atoms with Gasteiger partial charge >= 0.3 is 0 Å². The van der Waals surface area contributed by atoms with E-state index in [9.17, 15) is 4.79 Å². The zero-order chi connectivity index (χ0) is 18.7. The van der Waals surface area contributed by atoms with Crippen LogP contribution in [0.5, 0.6) is 0 Å². The highest BCUT2D eigenvalue weighted by Crippen LogP contribution is 2.24. The molecule has 0 aliphatic carbocycles. The van der Waals surface area contributed by atoms with Crippen molar-refractivity contribution in [3.63, 3.8) is 0 Å². The summed E-state index contributed by atoms with van der Waals surface area (Å²) in [6, 6.07) is 11.4. The lowest BCUT2D eigenvalue weighted by Gasteiger charge is -2.11. The number of benzene rings is 1. The lowest BCUT2D eigenvalue weighted by atomic mass is 10.2. The van der Waals surface area contributed by atoms with Crippen molar-refractivity contribution in [1.82, 2.24) is 15.0 Å². The fourth-order valence-corrected chi connectivity index (χ4v) is 2.93. The summed E-state index contributed by atoms with van der Waals surface area (Å²) in [6.45, 7) is 6.00. The third-order valence-corrected chi connectivity index (χ3v) is 4.58. The smallest absolute Gasteiger partial charge is 0.272 e. The number of hydrazone groups is 1. The highest BCUT2D eigenvalue weighted by Gasteiger charge is 2.11. The van der Waals surface area contributed by atoms with Gasteiger partial charge in [-0.3, -0.25) is 9.78 Å². The number of aryl methyl sites for hydroxylation is 2. The predicted octanol–water partition coefficient (Wildman–Crippen LogP) is 4.21. The van der Waals surface area contributed by atoms with Crippen molar-refractivity contribution in [2.75, 3.05) is 0 Å². The molecule has 0 saturated carbocycles.